The van der Waals surface area contributed by atoms with E-state index < -0.39 is 0 Å². The van der Waals surface area contributed by atoms with Crippen LogP contribution in [0.3, 0.4) is 0 Å². The number of aromatic nitrogens is 1. The van der Waals surface area contributed by atoms with Gasteiger partial charge in [-0.15, -0.1) is 0 Å². The van der Waals surface area contributed by atoms with E-state index in [4.69, 9.17) is 9.72 Å². The number of thiazole rings is 1. The van der Waals surface area contributed by atoms with Crippen LogP contribution in [0, 0.1) is 0 Å². The molecule has 5 nitrogen and oxygen atoms in total. The predicted octanol–water partition coefficient (Wildman–Crippen LogP) is 3.39. The summed E-state index contributed by atoms with van der Waals surface area (Å²) >= 11 is 1.65. The number of carbonyl (C=O) groups is 1. The van der Waals surface area contributed by atoms with Crippen molar-refractivity contribution in [2.75, 3.05) is 19.6 Å². The molecule has 0 spiro atoms. The van der Waals surface area contributed by atoms with Gasteiger partial charge in [0.1, 0.15) is 6.10 Å². The molecule has 6 heteroatoms. The summed E-state index contributed by atoms with van der Waals surface area (Å²) in [7, 11) is 0. The number of rotatable bonds is 4. The second-order valence-electron chi connectivity index (χ2n) is 7.60. The van der Waals surface area contributed by atoms with Crippen molar-refractivity contribution in [3.8, 4) is 5.19 Å². The first kappa shape index (κ1) is 17.3. The molecular weight excluding hydrogens is 334 g/mol. The summed E-state index contributed by atoms with van der Waals surface area (Å²) in [5.74, 6) is 0.234. The Morgan fingerprint density at radius 3 is 2.64 bits per heavy atom. The van der Waals surface area contributed by atoms with Crippen molar-refractivity contribution in [1.82, 2.24) is 14.8 Å². The number of carbonyl (C=O) groups excluding carboxylic acids is 1. The second kappa shape index (κ2) is 7.23. The Balaban J connectivity index is 1.36. The number of fused-ring (bicyclic) bond motifs is 1. The second-order valence-corrected chi connectivity index (χ2v) is 8.59. The van der Waals surface area contributed by atoms with Crippen molar-refractivity contribution in [1.29, 1.82) is 0 Å². The summed E-state index contributed by atoms with van der Waals surface area (Å²) in [5, 5.41) is 0.810. The van der Waals surface area contributed by atoms with E-state index in [1.807, 2.05) is 11.8 Å². The van der Waals surface area contributed by atoms with E-state index in [1.165, 1.54) is 24.1 Å². The third-order valence-electron chi connectivity index (χ3n) is 6.10. The first-order valence-electron chi connectivity index (χ1n) is 9.85. The summed E-state index contributed by atoms with van der Waals surface area (Å²) in [6.07, 6.45) is 8.11. The molecule has 0 bridgehead atoms. The van der Waals surface area contributed by atoms with Crippen molar-refractivity contribution in [3.63, 3.8) is 0 Å². The highest BCUT2D eigenvalue weighted by Gasteiger charge is 2.32. The molecule has 2 fully saturated rings. The number of piperidine rings is 1. The van der Waals surface area contributed by atoms with Gasteiger partial charge in [0, 0.05) is 38.5 Å². The molecule has 1 saturated heterocycles. The molecule has 0 radical (unpaired) electrons. The zero-order valence-electron chi connectivity index (χ0n) is 15.4. The number of hydrogen-bond acceptors (Lipinski definition) is 5. The maximum Gasteiger partial charge on any atom is 0.273 e. The van der Waals surface area contributed by atoms with Crippen molar-refractivity contribution in [2.45, 2.75) is 77.0 Å². The molecule has 2 aliphatic heterocycles. The highest BCUT2D eigenvalue weighted by Crippen LogP contribution is 2.38. The number of hydrogen-bond donors (Lipinski definition) is 0. The van der Waals surface area contributed by atoms with Gasteiger partial charge in [0.2, 0.25) is 5.91 Å². The molecular formula is C19H29N3O2S. The van der Waals surface area contributed by atoms with Crippen LogP contribution < -0.4 is 4.74 Å². The Bertz CT molecular complexity index is 620. The Hall–Kier alpha value is -1.14. The van der Waals surface area contributed by atoms with Gasteiger partial charge >= 0.3 is 0 Å². The molecule has 1 aliphatic carbocycles. The Kier molecular flexibility index (Phi) is 5.00. The number of ether oxygens (including phenoxy) is 1. The first-order valence-corrected chi connectivity index (χ1v) is 10.7. The van der Waals surface area contributed by atoms with Crippen molar-refractivity contribution in [2.24, 2.45) is 0 Å². The van der Waals surface area contributed by atoms with E-state index in [9.17, 15) is 4.79 Å². The summed E-state index contributed by atoms with van der Waals surface area (Å²) in [6.45, 7) is 7.15. The summed E-state index contributed by atoms with van der Waals surface area (Å²) in [6, 6.07) is 0.975. The lowest BCUT2D eigenvalue weighted by Crippen LogP contribution is -2.46. The van der Waals surface area contributed by atoms with E-state index in [0.717, 1.165) is 55.8 Å². The minimum Gasteiger partial charge on any atom is -0.467 e. The van der Waals surface area contributed by atoms with Gasteiger partial charge in [0.25, 0.3) is 5.19 Å². The van der Waals surface area contributed by atoms with Crippen LogP contribution in [0.1, 0.15) is 69.0 Å². The van der Waals surface area contributed by atoms with Crippen LogP contribution in [-0.2, 0) is 11.2 Å². The van der Waals surface area contributed by atoms with Crippen LogP contribution in [0.15, 0.2) is 0 Å². The van der Waals surface area contributed by atoms with Crippen LogP contribution in [0.4, 0.5) is 0 Å². The van der Waals surface area contributed by atoms with Gasteiger partial charge in [0.15, 0.2) is 0 Å². The number of likely N-dealkylation sites (tertiary alicyclic amines) is 1. The largest absolute Gasteiger partial charge is 0.467 e. The highest BCUT2D eigenvalue weighted by molar-refractivity contribution is 7.13. The standard InChI is InChI=1S/C19H29N3O2S/c1-3-17(23)22-12-9-16-18(13(22)2)25-19(20-16)24-15-7-10-21(11-8-15)14-5-4-6-14/h13-15H,3-12H2,1-2H3. The molecule has 1 atom stereocenters. The molecule has 3 heterocycles. The molecule has 0 N–H and O–H groups in total. The molecule has 1 unspecified atom stereocenters. The predicted molar refractivity (Wildman–Crippen MR) is 99.1 cm³/mol. The lowest BCUT2D eigenvalue weighted by atomic mass is 9.90. The molecule has 4 rings (SSSR count). The van der Waals surface area contributed by atoms with E-state index in [1.54, 1.807) is 11.3 Å². The SMILES string of the molecule is CCC(=O)N1CCc2nc(OC3CCN(C4CCC4)CC3)sc2C1C. The van der Waals surface area contributed by atoms with Crippen molar-refractivity contribution < 1.29 is 9.53 Å². The van der Waals surface area contributed by atoms with Gasteiger partial charge in [-0.3, -0.25) is 4.79 Å². The van der Waals surface area contributed by atoms with Gasteiger partial charge in [-0.25, -0.2) is 4.98 Å². The van der Waals surface area contributed by atoms with E-state index in [2.05, 4.69) is 11.8 Å². The fourth-order valence-corrected chi connectivity index (χ4v) is 5.35. The molecule has 1 amide bonds. The maximum absolute atomic E-state index is 12.1. The van der Waals surface area contributed by atoms with Gasteiger partial charge in [0.05, 0.1) is 16.6 Å². The van der Waals surface area contributed by atoms with Gasteiger partial charge < -0.3 is 14.5 Å². The summed E-state index contributed by atoms with van der Waals surface area (Å²) in [4.78, 5) is 22.7. The molecule has 1 aromatic rings. The lowest BCUT2D eigenvalue weighted by molar-refractivity contribution is -0.133. The van der Waals surface area contributed by atoms with Crippen LogP contribution in [-0.4, -0.2) is 52.5 Å². The molecule has 1 aromatic heterocycles. The molecule has 1 saturated carbocycles. The van der Waals surface area contributed by atoms with Crippen LogP contribution in [0.5, 0.6) is 5.19 Å². The average Bonchev–Trinajstić information content (AvgIpc) is 2.98. The monoisotopic (exact) mass is 363 g/mol. The van der Waals surface area contributed by atoms with Gasteiger partial charge in [-0.2, -0.15) is 0 Å². The van der Waals surface area contributed by atoms with Crippen LogP contribution in [0.2, 0.25) is 0 Å². The Morgan fingerprint density at radius 1 is 1.24 bits per heavy atom. The molecule has 3 aliphatic rings. The smallest absolute Gasteiger partial charge is 0.273 e. The summed E-state index contributed by atoms with van der Waals surface area (Å²) < 4.78 is 6.24. The average molecular weight is 364 g/mol. The molecule has 25 heavy (non-hydrogen) atoms. The van der Waals surface area contributed by atoms with E-state index in [0.29, 0.717) is 12.5 Å². The molecule has 0 aromatic carbocycles. The van der Waals surface area contributed by atoms with Crippen molar-refractivity contribution in [3.05, 3.63) is 10.6 Å². The quantitative estimate of drug-likeness (QED) is 0.822. The van der Waals surface area contributed by atoms with Gasteiger partial charge in [-0.05, 0) is 32.6 Å². The minimum atomic E-state index is 0.131. The normalized spacial score (nSPS) is 25.5. The zero-order valence-corrected chi connectivity index (χ0v) is 16.2. The minimum absolute atomic E-state index is 0.131. The first-order chi connectivity index (χ1) is 12.2. The third kappa shape index (κ3) is 3.43. The third-order valence-corrected chi connectivity index (χ3v) is 7.26. The van der Waals surface area contributed by atoms with E-state index >= 15 is 0 Å². The number of amides is 1. The number of nitrogens with zero attached hydrogens (tertiary/aromatic N) is 3. The Labute approximate surface area is 154 Å². The van der Waals surface area contributed by atoms with Gasteiger partial charge in [-0.1, -0.05) is 24.7 Å². The van der Waals surface area contributed by atoms with Crippen LogP contribution in [0.25, 0.3) is 0 Å². The maximum atomic E-state index is 12.1. The highest BCUT2D eigenvalue weighted by atomic mass is 32.1. The van der Waals surface area contributed by atoms with E-state index in [-0.39, 0.29) is 11.9 Å². The fourth-order valence-electron chi connectivity index (χ4n) is 4.26. The van der Waals surface area contributed by atoms with Crippen molar-refractivity contribution >= 4 is 17.2 Å². The summed E-state index contributed by atoms with van der Waals surface area (Å²) in [5.41, 5.74) is 1.14. The Morgan fingerprint density at radius 2 is 2.00 bits per heavy atom. The molecule has 138 valence electrons. The van der Waals surface area contributed by atoms with Crippen LogP contribution >= 0.6 is 11.3 Å². The lowest BCUT2D eigenvalue weighted by Gasteiger charge is -2.41. The zero-order chi connectivity index (χ0) is 17.4. The topological polar surface area (TPSA) is 45.7 Å². The fraction of sp³-hybridized carbons (Fsp3) is 0.789.